The second-order valence-corrected chi connectivity index (χ2v) is 11.1. The van der Waals surface area contributed by atoms with Gasteiger partial charge in [-0.3, -0.25) is 9.78 Å². The van der Waals surface area contributed by atoms with Gasteiger partial charge in [0.15, 0.2) is 6.61 Å². The summed E-state index contributed by atoms with van der Waals surface area (Å²) in [7, 11) is -3.36. The fraction of sp³-hybridized carbons (Fsp3) is 0.762. The summed E-state index contributed by atoms with van der Waals surface area (Å²) in [5.74, 6) is 0.506. The lowest BCUT2D eigenvalue weighted by atomic mass is 9.85. The summed E-state index contributed by atoms with van der Waals surface area (Å²) in [4.78, 5) is 23.7. The fourth-order valence-corrected chi connectivity index (χ4v) is 6.72. The summed E-state index contributed by atoms with van der Waals surface area (Å²) < 4.78 is 40.2. The highest BCUT2D eigenvalue weighted by Crippen LogP contribution is 2.37. The maximum absolute atomic E-state index is 13.1. The van der Waals surface area contributed by atoms with Crippen LogP contribution < -0.4 is 9.46 Å². The molecular weight excluding hydrogens is 420 g/mol. The minimum absolute atomic E-state index is 0.109. The third kappa shape index (κ3) is 4.56. The first kappa shape index (κ1) is 21.1. The zero-order chi connectivity index (χ0) is 21.4. The number of carbonyl (C=O) groups excluding carboxylic acids is 1. The van der Waals surface area contributed by atoms with Gasteiger partial charge in [0.05, 0.1) is 24.0 Å². The van der Waals surface area contributed by atoms with E-state index in [1.807, 2.05) is 0 Å². The zero-order valence-corrected chi connectivity index (χ0v) is 18.4. The van der Waals surface area contributed by atoms with Crippen LogP contribution in [0.1, 0.15) is 63.0 Å². The Morgan fingerprint density at radius 3 is 2.58 bits per heavy atom. The number of nitrogens with zero attached hydrogens (tertiary/aromatic N) is 3. The first-order valence-electron chi connectivity index (χ1n) is 11.4. The molecule has 10 heteroatoms. The first-order valence-corrected chi connectivity index (χ1v) is 12.9. The van der Waals surface area contributed by atoms with Gasteiger partial charge in [-0.15, -0.1) is 0 Å². The Labute approximate surface area is 183 Å². The van der Waals surface area contributed by atoms with Crippen molar-refractivity contribution in [2.75, 3.05) is 19.8 Å². The van der Waals surface area contributed by atoms with Crippen LogP contribution in [-0.4, -0.2) is 72.4 Å². The van der Waals surface area contributed by atoms with E-state index in [4.69, 9.17) is 9.47 Å². The van der Waals surface area contributed by atoms with Gasteiger partial charge in [-0.1, -0.05) is 0 Å². The van der Waals surface area contributed by atoms with E-state index in [9.17, 15) is 13.2 Å². The van der Waals surface area contributed by atoms with E-state index in [-0.39, 0.29) is 41.9 Å². The molecule has 31 heavy (non-hydrogen) atoms. The lowest BCUT2D eigenvalue weighted by Gasteiger charge is -2.42. The van der Waals surface area contributed by atoms with Crippen molar-refractivity contribution in [1.29, 1.82) is 0 Å². The molecule has 2 atom stereocenters. The molecule has 0 spiro atoms. The van der Waals surface area contributed by atoms with Gasteiger partial charge in [0, 0.05) is 30.9 Å². The van der Waals surface area contributed by atoms with Gasteiger partial charge in [0.1, 0.15) is 5.69 Å². The molecule has 6 rings (SSSR count). The van der Waals surface area contributed by atoms with Crippen molar-refractivity contribution in [3.63, 3.8) is 0 Å². The van der Waals surface area contributed by atoms with E-state index < -0.39 is 10.0 Å². The number of hydrogen-bond acceptors (Lipinski definition) is 7. The molecule has 1 aromatic rings. The van der Waals surface area contributed by atoms with Gasteiger partial charge in [-0.25, -0.2) is 18.1 Å². The molecule has 2 bridgehead atoms. The summed E-state index contributed by atoms with van der Waals surface area (Å²) in [6.07, 6.45) is 9.89. The molecular formula is C21H30N4O5S. The predicted molar refractivity (Wildman–Crippen MR) is 112 cm³/mol. The van der Waals surface area contributed by atoms with E-state index in [1.54, 1.807) is 17.3 Å². The molecule has 3 aliphatic heterocycles. The Morgan fingerprint density at radius 1 is 1.03 bits per heavy atom. The SMILES string of the molecule is O=C1COc2nccnc2C2CCC(CC2)OC[C@H]2[C@@H](NS(=O)(=O)C3CC3)CCCN12. The summed E-state index contributed by atoms with van der Waals surface area (Å²) in [5.41, 5.74) is 0.818. The molecule has 0 aromatic carbocycles. The first-order chi connectivity index (χ1) is 15.0. The number of amides is 1. The van der Waals surface area contributed by atoms with Crippen LogP contribution in [0.5, 0.6) is 5.88 Å². The number of hydrogen-bond donors (Lipinski definition) is 1. The molecule has 1 aromatic heterocycles. The Bertz CT molecular complexity index is 914. The summed E-state index contributed by atoms with van der Waals surface area (Å²) in [5, 5.41) is -0.289. The maximum atomic E-state index is 13.1. The molecule has 2 saturated carbocycles. The summed E-state index contributed by atoms with van der Waals surface area (Å²) in [6, 6.07) is -0.671. The van der Waals surface area contributed by atoms with Crippen molar-refractivity contribution < 1.29 is 22.7 Å². The molecule has 1 amide bonds. The lowest BCUT2D eigenvalue weighted by Crippen LogP contribution is -2.60. The molecule has 1 saturated heterocycles. The van der Waals surface area contributed by atoms with E-state index in [0.717, 1.165) is 37.8 Å². The number of carbonyl (C=O) groups is 1. The fourth-order valence-electron chi connectivity index (χ4n) is 5.07. The van der Waals surface area contributed by atoms with Crippen LogP contribution in [0.15, 0.2) is 12.4 Å². The van der Waals surface area contributed by atoms with Gasteiger partial charge < -0.3 is 14.4 Å². The number of nitrogens with one attached hydrogen (secondary N) is 1. The largest absolute Gasteiger partial charge is 0.466 e. The van der Waals surface area contributed by atoms with Crippen LogP contribution in [0.3, 0.4) is 0 Å². The van der Waals surface area contributed by atoms with Crippen molar-refractivity contribution in [3.8, 4) is 5.88 Å². The standard InChI is InChI=1S/C21H30N4O5S/c26-19-13-30-21-20(22-9-10-23-21)14-3-5-15(6-4-14)29-12-18-17(2-1-11-25(18)19)24-31(27,28)16-7-8-16/h9-10,14-18,24H,1-8,11-13H2/t14?,15?,17-,18-/m0/s1. The topological polar surface area (TPSA) is 111 Å². The molecule has 170 valence electrons. The average Bonchev–Trinajstić information content (AvgIpc) is 3.63. The Morgan fingerprint density at radius 2 is 1.81 bits per heavy atom. The maximum Gasteiger partial charge on any atom is 0.260 e. The quantitative estimate of drug-likeness (QED) is 0.740. The van der Waals surface area contributed by atoms with Crippen LogP contribution >= 0.6 is 0 Å². The van der Waals surface area contributed by atoms with Crippen LogP contribution in [0, 0.1) is 0 Å². The van der Waals surface area contributed by atoms with Crippen LogP contribution in [0.4, 0.5) is 0 Å². The number of ether oxygens (including phenoxy) is 2. The van der Waals surface area contributed by atoms with Crippen molar-refractivity contribution in [2.24, 2.45) is 0 Å². The molecule has 0 radical (unpaired) electrons. The molecule has 2 aliphatic carbocycles. The van der Waals surface area contributed by atoms with Crippen molar-refractivity contribution in [1.82, 2.24) is 19.6 Å². The van der Waals surface area contributed by atoms with Gasteiger partial charge >= 0.3 is 0 Å². The van der Waals surface area contributed by atoms with E-state index in [1.165, 1.54) is 0 Å². The van der Waals surface area contributed by atoms with Gasteiger partial charge in [-0.05, 0) is 51.4 Å². The summed E-state index contributed by atoms with van der Waals surface area (Å²) >= 11 is 0. The Kier molecular flexibility index (Phi) is 5.87. The van der Waals surface area contributed by atoms with Crippen molar-refractivity contribution in [2.45, 2.75) is 80.7 Å². The number of rotatable bonds is 3. The highest BCUT2D eigenvalue weighted by molar-refractivity contribution is 7.90. The van der Waals surface area contributed by atoms with E-state index in [2.05, 4.69) is 14.7 Å². The second kappa shape index (κ2) is 8.63. The normalized spacial score (nSPS) is 32.1. The highest BCUT2D eigenvalue weighted by atomic mass is 32.2. The molecule has 3 fully saturated rings. The number of sulfonamides is 1. The highest BCUT2D eigenvalue weighted by Gasteiger charge is 2.42. The minimum Gasteiger partial charge on any atom is -0.466 e. The molecule has 0 unspecified atom stereocenters. The number of fused-ring (bicyclic) bond motifs is 5. The monoisotopic (exact) mass is 450 g/mol. The minimum atomic E-state index is -3.36. The third-order valence-corrected chi connectivity index (χ3v) is 8.95. The van der Waals surface area contributed by atoms with E-state index >= 15 is 0 Å². The number of piperidine rings is 1. The Hall–Kier alpha value is -1.78. The van der Waals surface area contributed by atoms with Gasteiger partial charge in [0.2, 0.25) is 15.9 Å². The Balaban J connectivity index is 1.40. The molecule has 9 nitrogen and oxygen atoms in total. The van der Waals surface area contributed by atoms with Crippen LogP contribution in [0.25, 0.3) is 0 Å². The van der Waals surface area contributed by atoms with Gasteiger partial charge in [-0.2, -0.15) is 0 Å². The van der Waals surface area contributed by atoms with Gasteiger partial charge in [0.25, 0.3) is 5.91 Å². The second-order valence-electron chi connectivity index (χ2n) is 9.11. The molecule has 5 aliphatic rings. The number of aromatic nitrogens is 2. The van der Waals surface area contributed by atoms with Crippen molar-refractivity contribution in [3.05, 3.63) is 18.1 Å². The third-order valence-electron chi connectivity index (χ3n) is 6.97. The van der Waals surface area contributed by atoms with E-state index in [0.29, 0.717) is 38.3 Å². The molecule has 4 heterocycles. The zero-order valence-electron chi connectivity index (χ0n) is 17.6. The van der Waals surface area contributed by atoms with Crippen LogP contribution in [-0.2, 0) is 19.6 Å². The lowest BCUT2D eigenvalue weighted by molar-refractivity contribution is -0.140. The average molecular weight is 451 g/mol. The van der Waals surface area contributed by atoms with Crippen molar-refractivity contribution >= 4 is 15.9 Å². The van der Waals surface area contributed by atoms with Crippen LogP contribution in [0.2, 0.25) is 0 Å². The summed E-state index contributed by atoms with van der Waals surface area (Å²) in [6.45, 7) is 0.765. The molecule has 1 N–H and O–H groups in total. The smallest absolute Gasteiger partial charge is 0.260 e. The predicted octanol–water partition coefficient (Wildman–Crippen LogP) is 1.35.